The minimum absolute atomic E-state index is 0.0612. The van der Waals surface area contributed by atoms with E-state index in [1.165, 1.54) is 11.3 Å². The van der Waals surface area contributed by atoms with Crippen LogP contribution in [0.2, 0.25) is 0 Å². The second-order valence-corrected chi connectivity index (χ2v) is 4.74. The molecule has 17 heavy (non-hydrogen) atoms. The van der Waals surface area contributed by atoms with Crippen molar-refractivity contribution >= 4 is 17.1 Å². The Bertz CT molecular complexity index is 520. The van der Waals surface area contributed by atoms with E-state index in [2.05, 4.69) is 4.98 Å². The summed E-state index contributed by atoms with van der Waals surface area (Å²) in [5.41, 5.74) is 3.44. The van der Waals surface area contributed by atoms with E-state index in [9.17, 15) is 4.79 Å². The molecule has 0 N–H and O–H groups in total. The van der Waals surface area contributed by atoms with Gasteiger partial charge < -0.3 is 4.74 Å². The molecule has 0 unspecified atom stereocenters. The fourth-order valence-electron chi connectivity index (χ4n) is 1.61. The highest BCUT2D eigenvalue weighted by Crippen LogP contribution is 2.22. The summed E-state index contributed by atoms with van der Waals surface area (Å²) in [6.07, 6.45) is 2.10. The topological polar surface area (TPSA) is 39.2 Å². The van der Waals surface area contributed by atoms with Gasteiger partial charge in [0, 0.05) is 17.5 Å². The quantitative estimate of drug-likeness (QED) is 0.780. The number of hydrogen-bond donors (Lipinski definition) is 0. The Morgan fingerprint density at radius 3 is 2.94 bits per heavy atom. The van der Waals surface area contributed by atoms with Crippen LogP contribution < -0.4 is 4.74 Å². The first kappa shape index (κ1) is 11.8. The van der Waals surface area contributed by atoms with Crippen molar-refractivity contribution in [3.8, 4) is 5.75 Å². The summed E-state index contributed by atoms with van der Waals surface area (Å²) < 4.78 is 5.23. The van der Waals surface area contributed by atoms with E-state index < -0.39 is 0 Å². The van der Waals surface area contributed by atoms with Gasteiger partial charge in [0.05, 0.1) is 18.2 Å². The van der Waals surface area contributed by atoms with E-state index in [0.717, 1.165) is 10.4 Å². The van der Waals surface area contributed by atoms with Gasteiger partial charge in [-0.2, -0.15) is 0 Å². The van der Waals surface area contributed by atoms with Gasteiger partial charge in [0.15, 0.2) is 5.78 Å². The number of carbonyl (C=O) groups is 1. The summed E-state index contributed by atoms with van der Waals surface area (Å²) >= 11 is 1.49. The van der Waals surface area contributed by atoms with Gasteiger partial charge in [-0.15, -0.1) is 11.3 Å². The Balaban J connectivity index is 2.24. The zero-order chi connectivity index (χ0) is 12.3. The molecule has 0 amide bonds. The van der Waals surface area contributed by atoms with E-state index >= 15 is 0 Å². The van der Waals surface area contributed by atoms with Crippen LogP contribution in [0, 0.1) is 6.92 Å². The first-order valence-electron chi connectivity index (χ1n) is 5.26. The molecular weight excluding hydrogens is 234 g/mol. The van der Waals surface area contributed by atoms with E-state index in [1.807, 2.05) is 25.1 Å². The lowest BCUT2D eigenvalue weighted by Crippen LogP contribution is -2.05. The van der Waals surface area contributed by atoms with Crippen LogP contribution in [0.3, 0.4) is 0 Å². The molecule has 88 valence electrons. The number of ketones is 1. The highest BCUT2D eigenvalue weighted by molar-refractivity contribution is 7.09. The van der Waals surface area contributed by atoms with Crippen LogP contribution >= 0.6 is 11.3 Å². The van der Waals surface area contributed by atoms with Crippen molar-refractivity contribution < 1.29 is 9.53 Å². The van der Waals surface area contributed by atoms with Crippen molar-refractivity contribution in [3.05, 3.63) is 45.9 Å². The van der Waals surface area contributed by atoms with Gasteiger partial charge in [0.25, 0.3) is 0 Å². The summed E-state index contributed by atoms with van der Waals surface area (Å²) in [5, 5.41) is 0. The average molecular weight is 247 g/mol. The third-order valence-corrected chi connectivity index (χ3v) is 3.26. The van der Waals surface area contributed by atoms with Gasteiger partial charge >= 0.3 is 0 Å². The van der Waals surface area contributed by atoms with Crippen LogP contribution in [-0.4, -0.2) is 17.9 Å². The Kier molecular flexibility index (Phi) is 3.54. The molecule has 2 rings (SSSR count). The first-order valence-corrected chi connectivity index (χ1v) is 6.14. The number of carbonyl (C=O) groups excluding carboxylic acids is 1. The third-order valence-electron chi connectivity index (χ3n) is 2.48. The minimum atomic E-state index is 0.0612. The number of nitrogens with zero attached hydrogens (tertiary/aromatic N) is 1. The second kappa shape index (κ2) is 5.10. The fraction of sp³-hybridized carbons (Fsp3) is 0.231. The molecule has 0 aliphatic rings. The number of thiazole rings is 1. The number of benzene rings is 1. The standard InChI is InChI=1S/C13H13NO2S/c1-9-3-4-11(13(5-9)16-2)12(15)6-10-7-14-8-17-10/h3-5,7-8H,6H2,1-2H3. The summed E-state index contributed by atoms with van der Waals surface area (Å²) in [4.78, 5) is 17.0. The van der Waals surface area contributed by atoms with Gasteiger partial charge in [-0.1, -0.05) is 6.07 Å². The smallest absolute Gasteiger partial charge is 0.171 e. The number of aromatic nitrogens is 1. The van der Waals surface area contributed by atoms with E-state index in [1.54, 1.807) is 18.8 Å². The Morgan fingerprint density at radius 1 is 1.47 bits per heavy atom. The largest absolute Gasteiger partial charge is 0.496 e. The van der Waals surface area contributed by atoms with Gasteiger partial charge in [-0.05, 0) is 24.6 Å². The molecule has 0 atom stereocenters. The maximum absolute atomic E-state index is 12.1. The third kappa shape index (κ3) is 2.71. The molecule has 0 saturated carbocycles. The molecule has 4 heteroatoms. The molecule has 0 bridgehead atoms. The zero-order valence-corrected chi connectivity index (χ0v) is 10.6. The molecule has 0 fully saturated rings. The Labute approximate surface area is 104 Å². The molecule has 3 nitrogen and oxygen atoms in total. The van der Waals surface area contributed by atoms with Crippen LogP contribution in [0.5, 0.6) is 5.75 Å². The lowest BCUT2D eigenvalue weighted by molar-refractivity contribution is 0.0991. The summed E-state index contributed by atoms with van der Waals surface area (Å²) in [6, 6.07) is 5.61. The van der Waals surface area contributed by atoms with Crippen molar-refractivity contribution in [1.29, 1.82) is 0 Å². The highest BCUT2D eigenvalue weighted by atomic mass is 32.1. The first-order chi connectivity index (χ1) is 8.20. The lowest BCUT2D eigenvalue weighted by atomic mass is 10.0. The van der Waals surface area contributed by atoms with Crippen LogP contribution in [0.25, 0.3) is 0 Å². The molecule has 0 radical (unpaired) electrons. The molecule has 0 saturated heterocycles. The number of hydrogen-bond acceptors (Lipinski definition) is 4. The second-order valence-electron chi connectivity index (χ2n) is 3.77. The van der Waals surface area contributed by atoms with E-state index in [0.29, 0.717) is 17.7 Å². The zero-order valence-electron chi connectivity index (χ0n) is 9.77. The number of methoxy groups -OCH3 is 1. The van der Waals surface area contributed by atoms with Crippen LogP contribution in [-0.2, 0) is 6.42 Å². The van der Waals surface area contributed by atoms with Gasteiger partial charge in [-0.3, -0.25) is 9.78 Å². The SMILES string of the molecule is COc1cc(C)ccc1C(=O)Cc1cncs1. The van der Waals surface area contributed by atoms with Crippen molar-refractivity contribution in [1.82, 2.24) is 4.98 Å². The van der Waals surface area contributed by atoms with Crippen LogP contribution in [0.4, 0.5) is 0 Å². The average Bonchev–Trinajstić information content (AvgIpc) is 2.81. The normalized spacial score (nSPS) is 10.2. The molecular formula is C13H13NO2S. The molecule has 0 aliphatic heterocycles. The molecule has 0 aliphatic carbocycles. The summed E-state index contributed by atoms with van der Waals surface area (Å²) in [7, 11) is 1.58. The van der Waals surface area contributed by atoms with Crippen molar-refractivity contribution in [3.63, 3.8) is 0 Å². The van der Waals surface area contributed by atoms with Gasteiger partial charge in [0.2, 0.25) is 0 Å². The maximum atomic E-state index is 12.1. The molecule has 1 aromatic heterocycles. The van der Waals surface area contributed by atoms with Crippen molar-refractivity contribution in [2.75, 3.05) is 7.11 Å². The Hall–Kier alpha value is -1.68. The minimum Gasteiger partial charge on any atom is -0.496 e. The number of Topliss-reactive ketones (excluding diaryl/α,β-unsaturated/α-hetero) is 1. The van der Waals surface area contributed by atoms with Crippen molar-refractivity contribution in [2.45, 2.75) is 13.3 Å². The number of aryl methyl sites for hydroxylation is 1. The predicted octanol–water partition coefficient (Wildman–Crippen LogP) is 2.89. The van der Waals surface area contributed by atoms with Crippen molar-refractivity contribution in [2.24, 2.45) is 0 Å². The fourth-order valence-corrected chi connectivity index (χ4v) is 2.20. The monoisotopic (exact) mass is 247 g/mol. The van der Waals surface area contributed by atoms with E-state index in [-0.39, 0.29) is 5.78 Å². The maximum Gasteiger partial charge on any atom is 0.171 e. The number of ether oxygens (including phenoxy) is 1. The van der Waals surface area contributed by atoms with Gasteiger partial charge in [-0.25, -0.2) is 0 Å². The summed E-state index contributed by atoms with van der Waals surface area (Å²) in [6.45, 7) is 1.97. The van der Waals surface area contributed by atoms with Gasteiger partial charge in [0.1, 0.15) is 5.75 Å². The van der Waals surface area contributed by atoms with Crippen LogP contribution in [0.1, 0.15) is 20.8 Å². The number of rotatable bonds is 4. The van der Waals surface area contributed by atoms with Crippen LogP contribution in [0.15, 0.2) is 29.9 Å². The molecule has 2 aromatic rings. The molecule has 0 spiro atoms. The molecule has 1 heterocycles. The highest BCUT2D eigenvalue weighted by Gasteiger charge is 2.13. The van der Waals surface area contributed by atoms with E-state index in [4.69, 9.17) is 4.74 Å². The predicted molar refractivity (Wildman–Crippen MR) is 67.9 cm³/mol. The molecule has 1 aromatic carbocycles. The lowest BCUT2D eigenvalue weighted by Gasteiger charge is -2.07. The Morgan fingerprint density at radius 2 is 2.29 bits per heavy atom. The summed E-state index contributed by atoms with van der Waals surface area (Å²) in [5.74, 6) is 0.700.